The van der Waals surface area contributed by atoms with Crippen LogP contribution in [0.1, 0.15) is 25.5 Å². The number of hydrogen-bond donors (Lipinski definition) is 2. The average Bonchev–Trinajstić information content (AvgIpc) is 2.23. The zero-order valence-electron chi connectivity index (χ0n) is 9.34. The maximum Gasteiger partial charge on any atom is 0.0694 e. The largest absolute Gasteiger partial charge is 0.377 e. The minimum atomic E-state index is -0.0306. The van der Waals surface area contributed by atoms with E-state index in [1.54, 1.807) is 0 Å². The lowest BCUT2D eigenvalue weighted by Crippen LogP contribution is -2.32. The molecule has 16 heavy (non-hydrogen) atoms. The van der Waals surface area contributed by atoms with Crippen LogP contribution in [0.3, 0.4) is 0 Å². The molecule has 3 N–H and O–H groups in total. The van der Waals surface area contributed by atoms with Crippen molar-refractivity contribution in [1.82, 2.24) is 5.43 Å². The summed E-state index contributed by atoms with van der Waals surface area (Å²) in [7, 11) is 0. The topological polar surface area (TPSA) is 47.3 Å². The monoisotopic (exact) mass is 354 g/mol. The van der Waals surface area contributed by atoms with Gasteiger partial charge in [0, 0.05) is 3.57 Å². The highest BCUT2D eigenvalue weighted by molar-refractivity contribution is 14.1. The van der Waals surface area contributed by atoms with Crippen LogP contribution >= 0.6 is 34.2 Å². The minimum Gasteiger partial charge on any atom is -0.377 e. The van der Waals surface area contributed by atoms with Crippen molar-refractivity contribution in [3.8, 4) is 0 Å². The fraction of sp³-hybridized carbons (Fsp3) is 0.455. The maximum atomic E-state index is 6.06. The summed E-state index contributed by atoms with van der Waals surface area (Å²) in [5.74, 6) is 5.50. The molecule has 0 heterocycles. The first-order chi connectivity index (χ1) is 7.54. The molecule has 3 nitrogen and oxygen atoms in total. The van der Waals surface area contributed by atoms with Gasteiger partial charge in [-0.25, -0.2) is 0 Å². The van der Waals surface area contributed by atoms with Gasteiger partial charge in [-0.15, -0.1) is 0 Å². The Labute approximate surface area is 115 Å². The van der Waals surface area contributed by atoms with Crippen LogP contribution in [0.5, 0.6) is 0 Å². The van der Waals surface area contributed by atoms with Gasteiger partial charge in [0.2, 0.25) is 0 Å². The summed E-state index contributed by atoms with van der Waals surface area (Å²) in [6, 6.07) is 5.86. The molecule has 0 bridgehead atoms. The molecule has 0 spiro atoms. The molecular formula is C11H16ClIN2O. The highest BCUT2D eigenvalue weighted by Crippen LogP contribution is 2.23. The molecular weight excluding hydrogens is 338 g/mol. The van der Waals surface area contributed by atoms with Gasteiger partial charge in [-0.1, -0.05) is 17.7 Å². The predicted octanol–water partition coefficient (Wildman–Crippen LogP) is 2.87. The molecule has 0 saturated heterocycles. The second-order valence-corrected chi connectivity index (χ2v) is 5.34. The van der Waals surface area contributed by atoms with Crippen molar-refractivity contribution < 1.29 is 4.74 Å². The molecule has 1 unspecified atom stereocenters. The highest BCUT2D eigenvalue weighted by Gasteiger charge is 2.12. The number of benzene rings is 1. The van der Waals surface area contributed by atoms with Crippen molar-refractivity contribution in [3.63, 3.8) is 0 Å². The first-order valence-corrected chi connectivity index (χ1v) is 6.53. The van der Waals surface area contributed by atoms with Crippen LogP contribution in [0.4, 0.5) is 0 Å². The van der Waals surface area contributed by atoms with Gasteiger partial charge < -0.3 is 4.74 Å². The van der Waals surface area contributed by atoms with E-state index in [0.717, 1.165) is 14.2 Å². The molecule has 1 aromatic rings. The van der Waals surface area contributed by atoms with Crippen LogP contribution in [0.25, 0.3) is 0 Å². The third kappa shape index (κ3) is 4.18. The van der Waals surface area contributed by atoms with Gasteiger partial charge in [0.15, 0.2) is 0 Å². The lowest BCUT2D eigenvalue weighted by molar-refractivity contribution is 0.0611. The van der Waals surface area contributed by atoms with E-state index >= 15 is 0 Å². The normalized spacial score (nSPS) is 13.1. The second kappa shape index (κ2) is 6.76. The third-order valence-electron chi connectivity index (χ3n) is 2.14. The molecule has 0 amide bonds. The van der Waals surface area contributed by atoms with Gasteiger partial charge in [-0.3, -0.25) is 11.3 Å². The van der Waals surface area contributed by atoms with Crippen LogP contribution in [-0.4, -0.2) is 12.7 Å². The summed E-state index contributed by atoms with van der Waals surface area (Å²) in [5, 5.41) is 0.739. The Hall–Kier alpha value is 0.120. The Morgan fingerprint density at radius 1 is 1.50 bits per heavy atom. The lowest BCUT2D eigenvalue weighted by atomic mass is 10.1. The van der Waals surface area contributed by atoms with E-state index in [-0.39, 0.29) is 12.1 Å². The van der Waals surface area contributed by atoms with Crippen LogP contribution in [0, 0.1) is 3.57 Å². The summed E-state index contributed by atoms with van der Waals surface area (Å²) < 4.78 is 6.56. The zero-order valence-corrected chi connectivity index (χ0v) is 12.2. The molecule has 1 aromatic carbocycles. The summed E-state index contributed by atoms with van der Waals surface area (Å²) in [4.78, 5) is 0. The van der Waals surface area contributed by atoms with E-state index in [4.69, 9.17) is 22.2 Å². The molecule has 1 atom stereocenters. The number of nitrogens with two attached hydrogens (primary N) is 1. The molecule has 0 aromatic heterocycles. The number of hydrogen-bond acceptors (Lipinski definition) is 3. The van der Waals surface area contributed by atoms with E-state index < -0.39 is 0 Å². The van der Waals surface area contributed by atoms with Crippen molar-refractivity contribution in [3.05, 3.63) is 32.4 Å². The zero-order chi connectivity index (χ0) is 12.1. The fourth-order valence-corrected chi connectivity index (χ4v) is 1.78. The SMILES string of the molecule is CC(C)OCC(NN)c1ccc(I)c(Cl)c1. The van der Waals surface area contributed by atoms with Crippen molar-refractivity contribution in [2.45, 2.75) is 26.0 Å². The number of nitrogens with one attached hydrogen (secondary N) is 1. The minimum absolute atomic E-state index is 0.0306. The number of rotatable bonds is 5. The quantitative estimate of drug-likeness (QED) is 0.485. The number of halogens is 2. The van der Waals surface area contributed by atoms with E-state index in [0.29, 0.717) is 6.61 Å². The van der Waals surface area contributed by atoms with Crippen molar-refractivity contribution in [1.29, 1.82) is 0 Å². The van der Waals surface area contributed by atoms with Crippen LogP contribution in [-0.2, 0) is 4.74 Å². The smallest absolute Gasteiger partial charge is 0.0694 e. The molecule has 0 aliphatic rings. The molecule has 5 heteroatoms. The van der Waals surface area contributed by atoms with Crippen LogP contribution in [0.2, 0.25) is 5.02 Å². The van der Waals surface area contributed by atoms with Gasteiger partial charge >= 0.3 is 0 Å². The Morgan fingerprint density at radius 3 is 2.69 bits per heavy atom. The van der Waals surface area contributed by atoms with E-state index in [1.807, 2.05) is 32.0 Å². The number of ether oxygens (including phenoxy) is 1. The Bertz CT molecular complexity index is 347. The number of hydrazine groups is 1. The van der Waals surface area contributed by atoms with Gasteiger partial charge in [-0.05, 0) is 54.1 Å². The average molecular weight is 355 g/mol. The summed E-state index contributed by atoms with van der Waals surface area (Å²) in [6.07, 6.45) is 0.190. The van der Waals surface area contributed by atoms with Crippen molar-refractivity contribution in [2.24, 2.45) is 5.84 Å². The van der Waals surface area contributed by atoms with E-state index in [2.05, 4.69) is 28.0 Å². The third-order valence-corrected chi connectivity index (χ3v) is 3.72. The van der Waals surface area contributed by atoms with Gasteiger partial charge in [0.1, 0.15) is 0 Å². The highest BCUT2D eigenvalue weighted by atomic mass is 127. The predicted molar refractivity (Wildman–Crippen MR) is 75.3 cm³/mol. The summed E-state index contributed by atoms with van der Waals surface area (Å²) in [5.41, 5.74) is 3.77. The van der Waals surface area contributed by atoms with Crippen molar-refractivity contribution >= 4 is 34.2 Å². The Kier molecular flexibility index (Phi) is 5.99. The van der Waals surface area contributed by atoms with Crippen LogP contribution < -0.4 is 11.3 Å². The maximum absolute atomic E-state index is 6.06. The first kappa shape index (κ1) is 14.2. The molecule has 0 aliphatic carbocycles. The van der Waals surface area contributed by atoms with Gasteiger partial charge in [0.05, 0.1) is 23.8 Å². The summed E-state index contributed by atoms with van der Waals surface area (Å²) in [6.45, 7) is 4.52. The molecule has 1 rings (SSSR count). The van der Waals surface area contributed by atoms with E-state index in [9.17, 15) is 0 Å². The molecule has 0 radical (unpaired) electrons. The van der Waals surface area contributed by atoms with Crippen molar-refractivity contribution in [2.75, 3.05) is 6.61 Å². The van der Waals surface area contributed by atoms with Gasteiger partial charge in [-0.2, -0.15) is 0 Å². The second-order valence-electron chi connectivity index (χ2n) is 3.77. The lowest BCUT2D eigenvalue weighted by Gasteiger charge is -2.18. The molecule has 0 saturated carbocycles. The Balaban J connectivity index is 2.74. The van der Waals surface area contributed by atoms with E-state index in [1.165, 1.54) is 0 Å². The van der Waals surface area contributed by atoms with Crippen LogP contribution in [0.15, 0.2) is 18.2 Å². The Morgan fingerprint density at radius 2 is 2.19 bits per heavy atom. The molecule has 90 valence electrons. The standard InChI is InChI=1S/C11H16ClIN2O/c1-7(2)16-6-11(15-14)8-3-4-10(13)9(12)5-8/h3-5,7,11,15H,6,14H2,1-2H3. The molecule has 0 aliphatic heterocycles. The summed E-state index contributed by atoms with van der Waals surface area (Å²) >= 11 is 8.25. The first-order valence-electron chi connectivity index (χ1n) is 5.07. The molecule has 0 fully saturated rings. The van der Waals surface area contributed by atoms with Gasteiger partial charge in [0.25, 0.3) is 0 Å². The fourth-order valence-electron chi connectivity index (χ4n) is 1.26.